The summed E-state index contributed by atoms with van der Waals surface area (Å²) in [6.45, 7) is 6.59. The van der Waals surface area contributed by atoms with E-state index in [1.165, 1.54) is 11.1 Å². The van der Waals surface area contributed by atoms with Gasteiger partial charge < -0.3 is 15.4 Å². The van der Waals surface area contributed by atoms with Crippen LogP contribution in [-0.2, 0) is 6.42 Å². The molecular weight excluding hydrogens is 328 g/mol. The van der Waals surface area contributed by atoms with E-state index in [0.717, 1.165) is 24.3 Å². The summed E-state index contributed by atoms with van der Waals surface area (Å²) in [5, 5.41) is 7.39. The second-order valence-corrected chi connectivity index (χ2v) is 7.01. The predicted molar refractivity (Wildman–Crippen MR) is 110 cm³/mol. The lowest BCUT2D eigenvalue weighted by molar-refractivity contribution is 0.414. The van der Waals surface area contributed by atoms with E-state index >= 15 is 0 Å². The lowest BCUT2D eigenvalue weighted by Crippen LogP contribution is -2.33. The fourth-order valence-electron chi connectivity index (χ4n) is 2.74. The Kier molecular flexibility index (Phi) is 7.26. The Morgan fingerprint density at radius 1 is 1.04 bits per heavy atom. The molecule has 0 amide bonds. The molecule has 0 aromatic heterocycles. The van der Waals surface area contributed by atoms with E-state index in [1.807, 2.05) is 12.1 Å². The lowest BCUT2D eigenvalue weighted by atomic mass is 9.97. The first-order chi connectivity index (χ1) is 12.0. The van der Waals surface area contributed by atoms with Crippen molar-refractivity contribution < 1.29 is 4.74 Å². The molecule has 0 heterocycles. The molecule has 1 atom stereocenters. The minimum atomic E-state index is 0.167. The summed E-state index contributed by atoms with van der Waals surface area (Å²) in [5.74, 6) is 1.43. The Bertz CT molecular complexity index is 665. The number of anilines is 1. The van der Waals surface area contributed by atoms with E-state index in [4.69, 9.17) is 17.0 Å². The van der Waals surface area contributed by atoms with E-state index in [2.05, 4.69) is 67.8 Å². The first-order valence-electron chi connectivity index (χ1n) is 8.82. The third-order valence-electron chi connectivity index (χ3n) is 4.15. The molecule has 3 nitrogen and oxygen atoms in total. The van der Waals surface area contributed by atoms with E-state index in [0.29, 0.717) is 11.0 Å². The number of benzene rings is 2. The van der Waals surface area contributed by atoms with Gasteiger partial charge >= 0.3 is 0 Å². The summed E-state index contributed by atoms with van der Waals surface area (Å²) in [7, 11) is 1.68. The van der Waals surface area contributed by atoms with E-state index in [1.54, 1.807) is 7.11 Å². The zero-order valence-electron chi connectivity index (χ0n) is 15.5. The van der Waals surface area contributed by atoms with Crippen molar-refractivity contribution in [2.24, 2.45) is 5.92 Å². The zero-order chi connectivity index (χ0) is 18.2. The number of methoxy groups -OCH3 is 1. The number of hydrogen-bond acceptors (Lipinski definition) is 2. The Hall–Kier alpha value is -2.07. The number of rotatable bonds is 7. The predicted octanol–water partition coefficient (Wildman–Crippen LogP) is 5.33. The molecule has 0 aliphatic carbocycles. The summed E-state index contributed by atoms with van der Waals surface area (Å²) in [5.41, 5.74) is 3.54. The Balaban J connectivity index is 2.05. The van der Waals surface area contributed by atoms with Crippen LogP contribution in [-0.4, -0.2) is 12.2 Å². The molecule has 25 heavy (non-hydrogen) atoms. The Morgan fingerprint density at radius 3 is 2.20 bits per heavy atom. The van der Waals surface area contributed by atoms with E-state index in [-0.39, 0.29) is 6.04 Å². The SMILES string of the molecule is CCc1ccc(NC(=S)N[C@@H](CC(C)C)c2ccc(OC)cc2)cc1. The monoisotopic (exact) mass is 356 g/mol. The molecule has 2 aromatic rings. The van der Waals surface area contributed by atoms with Gasteiger partial charge in [-0.1, -0.05) is 45.0 Å². The second kappa shape index (κ2) is 9.42. The minimum Gasteiger partial charge on any atom is -0.497 e. The summed E-state index contributed by atoms with van der Waals surface area (Å²) in [6, 6.07) is 16.7. The van der Waals surface area contributed by atoms with Crippen LogP contribution in [0.25, 0.3) is 0 Å². The maximum absolute atomic E-state index is 5.53. The summed E-state index contributed by atoms with van der Waals surface area (Å²) in [4.78, 5) is 0. The second-order valence-electron chi connectivity index (χ2n) is 6.60. The highest BCUT2D eigenvalue weighted by atomic mass is 32.1. The topological polar surface area (TPSA) is 33.3 Å². The van der Waals surface area contributed by atoms with Crippen molar-refractivity contribution in [2.45, 2.75) is 39.7 Å². The molecule has 0 unspecified atom stereocenters. The molecule has 0 aliphatic heterocycles. The summed E-state index contributed by atoms with van der Waals surface area (Å²) in [6.07, 6.45) is 2.04. The van der Waals surface area contributed by atoms with Crippen LogP contribution in [0.5, 0.6) is 5.75 Å². The molecule has 0 radical (unpaired) electrons. The number of hydrogen-bond donors (Lipinski definition) is 2. The average Bonchev–Trinajstić information content (AvgIpc) is 2.61. The third kappa shape index (κ3) is 6.05. The van der Waals surface area contributed by atoms with Crippen LogP contribution in [0.4, 0.5) is 5.69 Å². The van der Waals surface area contributed by atoms with Crippen molar-refractivity contribution in [3.8, 4) is 5.75 Å². The van der Waals surface area contributed by atoms with Gasteiger partial charge in [-0.3, -0.25) is 0 Å². The van der Waals surface area contributed by atoms with Gasteiger partial charge in [0.25, 0.3) is 0 Å². The fraction of sp³-hybridized carbons (Fsp3) is 0.381. The largest absolute Gasteiger partial charge is 0.497 e. The van der Waals surface area contributed by atoms with Crippen LogP contribution < -0.4 is 15.4 Å². The van der Waals surface area contributed by atoms with Crippen molar-refractivity contribution in [3.05, 3.63) is 59.7 Å². The highest BCUT2D eigenvalue weighted by Crippen LogP contribution is 2.24. The molecule has 0 saturated carbocycles. The summed E-state index contributed by atoms with van der Waals surface area (Å²) < 4.78 is 5.25. The molecule has 0 saturated heterocycles. The van der Waals surface area contributed by atoms with E-state index < -0.39 is 0 Å². The molecular formula is C21H28N2OS. The highest BCUT2D eigenvalue weighted by Gasteiger charge is 2.15. The van der Waals surface area contributed by atoms with Crippen molar-refractivity contribution in [2.75, 3.05) is 12.4 Å². The van der Waals surface area contributed by atoms with Gasteiger partial charge in [0.05, 0.1) is 13.2 Å². The first kappa shape index (κ1) is 19.3. The number of aryl methyl sites for hydroxylation is 1. The molecule has 0 aliphatic rings. The van der Waals surface area contributed by atoms with Gasteiger partial charge in [-0.25, -0.2) is 0 Å². The molecule has 0 bridgehead atoms. The molecule has 0 fully saturated rings. The van der Waals surface area contributed by atoms with Crippen LogP contribution in [0.2, 0.25) is 0 Å². The number of nitrogens with one attached hydrogen (secondary N) is 2. The Morgan fingerprint density at radius 2 is 1.68 bits per heavy atom. The van der Waals surface area contributed by atoms with Crippen molar-refractivity contribution in [1.29, 1.82) is 0 Å². The molecule has 2 aromatic carbocycles. The van der Waals surface area contributed by atoms with Gasteiger partial charge in [0, 0.05) is 5.69 Å². The molecule has 2 N–H and O–H groups in total. The normalized spacial score (nSPS) is 11.9. The molecule has 2 rings (SSSR count). The van der Waals surface area contributed by atoms with Crippen LogP contribution in [0.15, 0.2) is 48.5 Å². The van der Waals surface area contributed by atoms with Gasteiger partial charge in [-0.05, 0) is 66.4 Å². The highest BCUT2D eigenvalue weighted by molar-refractivity contribution is 7.80. The molecule has 0 spiro atoms. The van der Waals surface area contributed by atoms with Crippen LogP contribution in [0, 0.1) is 5.92 Å². The number of thiocarbonyl (C=S) groups is 1. The summed E-state index contributed by atoms with van der Waals surface area (Å²) >= 11 is 5.53. The van der Waals surface area contributed by atoms with E-state index in [9.17, 15) is 0 Å². The van der Waals surface area contributed by atoms with Crippen LogP contribution in [0.3, 0.4) is 0 Å². The smallest absolute Gasteiger partial charge is 0.171 e. The van der Waals surface area contributed by atoms with Gasteiger partial charge in [-0.15, -0.1) is 0 Å². The number of ether oxygens (including phenoxy) is 1. The maximum Gasteiger partial charge on any atom is 0.171 e. The molecule has 4 heteroatoms. The van der Waals surface area contributed by atoms with Crippen LogP contribution in [0.1, 0.15) is 44.4 Å². The standard InChI is InChI=1S/C21H28N2OS/c1-5-16-6-10-18(11-7-16)22-21(25)23-20(14-15(2)3)17-8-12-19(24-4)13-9-17/h6-13,15,20H,5,14H2,1-4H3,(H2,22,23,25)/t20-/m0/s1. The Labute approximate surface area is 156 Å². The van der Waals surface area contributed by atoms with Gasteiger partial charge in [0.15, 0.2) is 5.11 Å². The van der Waals surface area contributed by atoms with Gasteiger partial charge in [0.1, 0.15) is 5.75 Å². The lowest BCUT2D eigenvalue weighted by Gasteiger charge is -2.23. The minimum absolute atomic E-state index is 0.167. The van der Waals surface area contributed by atoms with Crippen LogP contribution >= 0.6 is 12.2 Å². The maximum atomic E-state index is 5.53. The third-order valence-corrected chi connectivity index (χ3v) is 4.37. The van der Waals surface area contributed by atoms with Crippen molar-refractivity contribution in [1.82, 2.24) is 5.32 Å². The van der Waals surface area contributed by atoms with Crippen molar-refractivity contribution in [3.63, 3.8) is 0 Å². The first-order valence-corrected chi connectivity index (χ1v) is 9.23. The fourth-order valence-corrected chi connectivity index (χ4v) is 3.00. The quantitative estimate of drug-likeness (QED) is 0.657. The van der Waals surface area contributed by atoms with Gasteiger partial charge in [0.2, 0.25) is 0 Å². The molecule has 134 valence electrons. The average molecular weight is 357 g/mol. The van der Waals surface area contributed by atoms with Crippen molar-refractivity contribution >= 4 is 23.0 Å². The zero-order valence-corrected chi connectivity index (χ0v) is 16.3. The van der Waals surface area contributed by atoms with Gasteiger partial charge in [-0.2, -0.15) is 0 Å².